The number of hydrogen-bond donors (Lipinski definition) is 2. The van der Waals surface area contributed by atoms with Crippen LogP contribution in [-0.4, -0.2) is 0 Å². The normalized spacial score (nSPS) is 11.7. The zero-order valence-electron chi connectivity index (χ0n) is 14.0. The lowest BCUT2D eigenvalue weighted by atomic mass is 9.76. The van der Waals surface area contributed by atoms with Crippen molar-refractivity contribution in [3.8, 4) is 0 Å². The highest BCUT2D eigenvalue weighted by atomic mass is 14.6. The van der Waals surface area contributed by atoms with E-state index in [1.165, 1.54) is 11.1 Å². The molecule has 0 amide bonds. The van der Waals surface area contributed by atoms with E-state index < -0.39 is 0 Å². The molecule has 0 radical (unpaired) electrons. The Morgan fingerprint density at radius 3 is 1.10 bits per heavy atom. The maximum atomic E-state index is 6.08. The van der Waals surface area contributed by atoms with Crippen LogP contribution in [0.2, 0.25) is 0 Å². The fourth-order valence-electron chi connectivity index (χ4n) is 2.84. The predicted octanol–water partition coefficient (Wildman–Crippen LogP) is 4.41. The van der Waals surface area contributed by atoms with E-state index in [1.54, 1.807) is 0 Å². The Balaban J connectivity index is 2.61. The largest absolute Gasteiger partial charge is 0.398 e. The van der Waals surface area contributed by atoms with Crippen LogP contribution in [-0.2, 0) is 5.41 Å². The molecule has 2 heteroatoms. The molecule has 0 aliphatic carbocycles. The average Bonchev–Trinajstić information content (AvgIpc) is 2.40. The monoisotopic (exact) mass is 282 g/mol. The molecule has 0 atom stereocenters. The number of anilines is 2. The van der Waals surface area contributed by atoms with Gasteiger partial charge in [0.2, 0.25) is 0 Å². The van der Waals surface area contributed by atoms with Crippen LogP contribution in [0.5, 0.6) is 0 Å². The summed E-state index contributed by atoms with van der Waals surface area (Å²) < 4.78 is 0. The first-order valence-electron chi connectivity index (χ1n) is 7.39. The lowest BCUT2D eigenvalue weighted by Crippen LogP contribution is -2.20. The Morgan fingerprint density at radius 2 is 0.857 bits per heavy atom. The molecule has 0 heterocycles. The Bertz CT molecular complexity index is 591. The van der Waals surface area contributed by atoms with Gasteiger partial charge >= 0.3 is 0 Å². The van der Waals surface area contributed by atoms with Gasteiger partial charge in [0.05, 0.1) is 0 Å². The first kappa shape index (κ1) is 15.4. The molecule has 2 aromatic rings. The van der Waals surface area contributed by atoms with Crippen molar-refractivity contribution >= 4 is 11.4 Å². The summed E-state index contributed by atoms with van der Waals surface area (Å²) in [5.74, 6) is 0. The van der Waals surface area contributed by atoms with Crippen molar-refractivity contribution in [2.45, 2.75) is 47.0 Å². The Hall–Kier alpha value is -1.96. The standard InChI is InChI=1S/C19H26N2/c1-11-7-15(8-12(2)17(11)20)19(5,6)16-9-13(3)18(21)14(4)10-16/h7-10H,20-21H2,1-6H3. The van der Waals surface area contributed by atoms with Crippen LogP contribution in [0, 0.1) is 27.7 Å². The smallest absolute Gasteiger partial charge is 0.0373 e. The number of nitrogen functional groups attached to an aromatic ring is 2. The second-order valence-corrected chi connectivity index (χ2v) is 6.67. The molecule has 112 valence electrons. The van der Waals surface area contributed by atoms with Crippen LogP contribution >= 0.6 is 0 Å². The van der Waals surface area contributed by atoms with E-state index in [2.05, 4.69) is 65.8 Å². The van der Waals surface area contributed by atoms with Gasteiger partial charge in [-0.1, -0.05) is 38.1 Å². The summed E-state index contributed by atoms with van der Waals surface area (Å²) in [6.45, 7) is 12.8. The molecule has 0 unspecified atom stereocenters. The van der Waals surface area contributed by atoms with Crippen LogP contribution in [0.3, 0.4) is 0 Å². The second-order valence-electron chi connectivity index (χ2n) is 6.67. The molecule has 0 saturated carbocycles. The van der Waals surface area contributed by atoms with E-state index >= 15 is 0 Å². The quantitative estimate of drug-likeness (QED) is 0.802. The van der Waals surface area contributed by atoms with Crippen LogP contribution < -0.4 is 11.5 Å². The van der Waals surface area contributed by atoms with Crippen molar-refractivity contribution in [1.29, 1.82) is 0 Å². The summed E-state index contributed by atoms with van der Waals surface area (Å²) in [6.07, 6.45) is 0. The molecule has 0 aliphatic rings. The van der Waals surface area contributed by atoms with E-state index in [1.807, 2.05) is 0 Å². The maximum Gasteiger partial charge on any atom is 0.0373 e. The van der Waals surface area contributed by atoms with Crippen molar-refractivity contribution in [3.63, 3.8) is 0 Å². The van der Waals surface area contributed by atoms with Gasteiger partial charge in [0.15, 0.2) is 0 Å². The average molecular weight is 282 g/mol. The van der Waals surface area contributed by atoms with Gasteiger partial charge in [-0.2, -0.15) is 0 Å². The van der Waals surface area contributed by atoms with Gasteiger partial charge < -0.3 is 11.5 Å². The first-order chi connectivity index (χ1) is 9.64. The molecule has 2 aromatic carbocycles. The Labute approximate surface area is 128 Å². The zero-order valence-corrected chi connectivity index (χ0v) is 14.0. The molecule has 2 rings (SSSR count). The van der Waals surface area contributed by atoms with Crippen LogP contribution in [0.25, 0.3) is 0 Å². The highest BCUT2D eigenvalue weighted by molar-refractivity contribution is 5.59. The van der Waals surface area contributed by atoms with Crippen molar-refractivity contribution < 1.29 is 0 Å². The SMILES string of the molecule is Cc1cc(C(C)(C)c2cc(C)c(N)c(C)c2)cc(C)c1N. The van der Waals surface area contributed by atoms with Crippen LogP contribution in [0.4, 0.5) is 11.4 Å². The molecule has 0 bridgehead atoms. The van der Waals surface area contributed by atoms with E-state index in [0.29, 0.717) is 0 Å². The summed E-state index contributed by atoms with van der Waals surface area (Å²) in [5.41, 5.74) is 21.0. The third kappa shape index (κ3) is 2.63. The molecule has 0 saturated heterocycles. The molecule has 4 N–H and O–H groups in total. The number of nitrogens with two attached hydrogens (primary N) is 2. The highest BCUT2D eigenvalue weighted by Crippen LogP contribution is 2.36. The first-order valence-corrected chi connectivity index (χ1v) is 7.39. The minimum absolute atomic E-state index is 0.0769. The van der Waals surface area contributed by atoms with Crippen LogP contribution in [0.1, 0.15) is 47.2 Å². The summed E-state index contributed by atoms with van der Waals surface area (Å²) in [4.78, 5) is 0. The zero-order chi connectivity index (χ0) is 15.9. The summed E-state index contributed by atoms with van der Waals surface area (Å²) in [6, 6.07) is 8.79. The van der Waals surface area contributed by atoms with Crippen LogP contribution in [0.15, 0.2) is 24.3 Å². The van der Waals surface area contributed by atoms with E-state index in [0.717, 1.165) is 33.6 Å². The Morgan fingerprint density at radius 1 is 0.619 bits per heavy atom. The molecule has 2 nitrogen and oxygen atoms in total. The molecular formula is C19H26N2. The van der Waals surface area contributed by atoms with Gasteiger partial charge in [0.25, 0.3) is 0 Å². The third-order valence-corrected chi connectivity index (χ3v) is 4.63. The number of hydrogen-bond acceptors (Lipinski definition) is 2. The number of benzene rings is 2. The summed E-state index contributed by atoms with van der Waals surface area (Å²) in [5, 5.41) is 0. The Kier molecular flexibility index (Phi) is 3.75. The third-order valence-electron chi connectivity index (χ3n) is 4.63. The van der Waals surface area contributed by atoms with E-state index in [-0.39, 0.29) is 5.41 Å². The van der Waals surface area contributed by atoms with Gasteiger partial charge in [-0.05, 0) is 61.1 Å². The lowest BCUT2D eigenvalue weighted by Gasteiger charge is -2.29. The van der Waals surface area contributed by atoms with Gasteiger partial charge in [0.1, 0.15) is 0 Å². The minimum atomic E-state index is -0.0769. The lowest BCUT2D eigenvalue weighted by molar-refractivity contribution is 0.638. The van der Waals surface area contributed by atoms with Crippen molar-refractivity contribution in [3.05, 3.63) is 57.6 Å². The molecule has 21 heavy (non-hydrogen) atoms. The molecule has 0 spiro atoms. The van der Waals surface area contributed by atoms with Gasteiger partial charge in [0, 0.05) is 16.8 Å². The van der Waals surface area contributed by atoms with Crippen molar-refractivity contribution in [2.24, 2.45) is 0 Å². The van der Waals surface area contributed by atoms with E-state index in [4.69, 9.17) is 11.5 Å². The minimum Gasteiger partial charge on any atom is -0.398 e. The molecule has 0 aliphatic heterocycles. The van der Waals surface area contributed by atoms with Crippen molar-refractivity contribution in [1.82, 2.24) is 0 Å². The summed E-state index contributed by atoms with van der Waals surface area (Å²) in [7, 11) is 0. The highest BCUT2D eigenvalue weighted by Gasteiger charge is 2.25. The molecule has 0 fully saturated rings. The second kappa shape index (κ2) is 5.10. The molecular weight excluding hydrogens is 256 g/mol. The topological polar surface area (TPSA) is 52.0 Å². The van der Waals surface area contributed by atoms with Gasteiger partial charge in [-0.15, -0.1) is 0 Å². The summed E-state index contributed by atoms with van der Waals surface area (Å²) >= 11 is 0. The van der Waals surface area contributed by atoms with Gasteiger partial charge in [-0.25, -0.2) is 0 Å². The predicted molar refractivity (Wildman–Crippen MR) is 92.8 cm³/mol. The maximum absolute atomic E-state index is 6.08. The van der Waals surface area contributed by atoms with E-state index in [9.17, 15) is 0 Å². The number of rotatable bonds is 2. The number of aryl methyl sites for hydroxylation is 4. The van der Waals surface area contributed by atoms with Gasteiger partial charge in [-0.3, -0.25) is 0 Å². The van der Waals surface area contributed by atoms with Crippen molar-refractivity contribution in [2.75, 3.05) is 11.5 Å². The fraction of sp³-hybridized carbons (Fsp3) is 0.368. The molecule has 0 aromatic heterocycles. The fourth-order valence-corrected chi connectivity index (χ4v) is 2.84.